The van der Waals surface area contributed by atoms with Crippen molar-refractivity contribution in [3.8, 4) is 0 Å². The fourth-order valence-electron chi connectivity index (χ4n) is 2.35. The van der Waals surface area contributed by atoms with Crippen LogP contribution in [-0.4, -0.2) is 25.5 Å². The molecule has 0 amide bonds. The molecule has 1 saturated carbocycles. The highest BCUT2D eigenvalue weighted by atomic mass is 79.9. The third-order valence-electron chi connectivity index (χ3n) is 3.42. The molecule has 6 nitrogen and oxygen atoms in total. The van der Waals surface area contributed by atoms with Crippen LogP contribution in [-0.2, 0) is 10.0 Å². The normalized spacial score (nSPS) is 24.2. The molecule has 0 aromatic carbocycles. The largest absolute Gasteiger partial charge is 0.409 e. The summed E-state index contributed by atoms with van der Waals surface area (Å²) in [6.45, 7) is 1.84. The second-order valence-corrected chi connectivity index (χ2v) is 9.12. The molecule has 2 rings (SSSR count). The van der Waals surface area contributed by atoms with E-state index in [2.05, 4.69) is 25.8 Å². The molecule has 1 aromatic heterocycles. The van der Waals surface area contributed by atoms with Gasteiger partial charge in [-0.3, -0.25) is 0 Å². The van der Waals surface area contributed by atoms with Crippen LogP contribution >= 0.6 is 27.3 Å². The third-order valence-corrected chi connectivity index (χ3v) is 7.52. The van der Waals surface area contributed by atoms with E-state index in [1.807, 2.05) is 6.92 Å². The SMILES string of the molecule is Cc1cc(S(=O)(=O)NC2CCCC2/C(N)=N/O)sc1Br. The molecule has 1 aliphatic rings. The van der Waals surface area contributed by atoms with Crippen LogP contribution in [0.3, 0.4) is 0 Å². The summed E-state index contributed by atoms with van der Waals surface area (Å²) in [4.78, 5) is 0. The quantitative estimate of drug-likeness (QED) is 0.321. The van der Waals surface area contributed by atoms with Crippen LogP contribution < -0.4 is 10.5 Å². The van der Waals surface area contributed by atoms with Crippen LogP contribution in [0.2, 0.25) is 0 Å². The van der Waals surface area contributed by atoms with Gasteiger partial charge >= 0.3 is 0 Å². The lowest BCUT2D eigenvalue weighted by Crippen LogP contribution is -2.42. The molecule has 20 heavy (non-hydrogen) atoms. The minimum Gasteiger partial charge on any atom is -0.409 e. The van der Waals surface area contributed by atoms with Gasteiger partial charge in [-0.15, -0.1) is 11.3 Å². The van der Waals surface area contributed by atoms with Gasteiger partial charge in [-0.1, -0.05) is 11.6 Å². The fraction of sp³-hybridized carbons (Fsp3) is 0.545. The van der Waals surface area contributed by atoms with Gasteiger partial charge in [0.1, 0.15) is 10.0 Å². The molecule has 1 aliphatic carbocycles. The molecule has 112 valence electrons. The Balaban J connectivity index is 2.20. The van der Waals surface area contributed by atoms with E-state index in [1.165, 1.54) is 11.3 Å². The maximum absolute atomic E-state index is 12.3. The van der Waals surface area contributed by atoms with Crippen molar-refractivity contribution in [1.29, 1.82) is 0 Å². The van der Waals surface area contributed by atoms with Crippen molar-refractivity contribution in [2.24, 2.45) is 16.8 Å². The second kappa shape index (κ2) is 6.00. The molecule has 0 bridgehead atoms. The van der Waals surface area contributed by atoms with Crippen LogP contribution in [0.15, 0.2) is 19.2 Å². The number of nitrogens with zero attached hydrogens (tertiary/aromatic N) is 1. The molecule has 1 fully saturated rings. The van der Waals surface area contributed by atoms with Gasteiger partial charge in [0.15, 0.2) is 0 Å². The van der Waals surface area contributed by atoms with Crippen molar-refractivity contribution in [1.82, 2.24) is 4.72 Å². The van der Waals surface area contributed by atoms with Crippen LogP contribution in [0, 0.1) is 12.8 Å². The number of rotatable bonds is 4. The number of nitrogens with one attached hydrogen (secondary N) is 1. The summed E-state index contributed by atoms with van der Waals surface area (Å²) < 4.78 is 28.4. The third kappa shape index (κ3) is 3.16. The Morgan fingerprint density at radius 2 is 2.30 bits per heavy atom. The van der Waals surface area contributed by atoms with Gasteiger partial charge in [-0.25, -0.2) is 13.1 Å². The van der Waals surface area contributed by atoms with E-state index in [9.17, 15) is 8.42 Å². The number of hydrogen-bond donors (Lipinski definition) is 3. The number of sulfonamides is 1. The minimum atomic E-state index is -3.57. The number of aryl methyl sites for hydroxylation is 1. The maximum atomic E-state index is 12.3. The maximum Gasteiger partial charge on any atom is 0.250 e. The highest BCUT2D eigenvalue weighted by Crippen LogP contribution is 2.32. The highest BCUT2D eigenvalue weighted by molar-refractivity contribution is 9.11. The van der Waals surface area contributed by atoms with E-state index in [0.717, 1.165) is 22.2 Å². The summed E-state index contributed by atoms with van der Waals surface area (Å²) in [7, 11) is -3.57. The van der Waals surface area contributed by atoms with Gasteiger partial charge in [-0.2, -0.15) is 0 Å². The number of halogens is 1. The Morgan fingerprint density at radius 1 is 1.60 bits per heavy atom. The van der Waals surface area contributed by atoms with E-state index < -0.39 is 10.0 Å². The van der Waals surface area contributed by atoms with Crippen molar-refractivity contribution in [2.75, 3.05) is 0 Å². The fourth-order valence-corrected chi connectivity index (χ4v) is 5.90. The molecule has 4 N–H and O–H groups in total. The second-order valence-electron chi connectivity index (χ2n) is 4.81. The number of nitrogens with two attached hydrogens (primary N) is 1. The number of amidine groups is 1. The summed E-state index contributed by atoms with van der Waals surface area (Å²) in [5, 5.41) is 11.7. The molecule has 2 atom stereocenters. The van der Waals surface area contributed by atoms with Crippen LogP contribution in [0.1, 0.15) is 24.8 Å². The smallest absolute Gasteiger partial charge is 0.250 e. The van der Waals surface area contributed by atoms with Gasteiger partial charge < -0.3 is 10.9 Å². The molecule has 0 saturated heterocycles. The first kappa shape index (κ1) is 15.7. The van der Waals surface area contributed by atoms with Gasteiger partial charge in [0.25, 0.3) is 0 Å². The molecule has 0 aliphatic heterocycles. The summed E-state index contributed by atoms with van der Waals surface area (Å²) in [5.41, 5.74) is 6.50. The lowest BCUT2D eigenvalue weighted by molar-refractivity contribution is 0.312. The number of thiophene rings is 1. The Bertz CT molecular complexity index is 607. The van der Waals surface area contributed by atoms with Crippen molar-refractivity contribution < 1.29 is 13.6 Å². The summed E-state index contributed by atoms with van der Waals surface area (Å²) >= 11 is 4.50. The highest BCUT2D eigenvalue weighted by Gasteiger charge is 2.34. The van der Waals surface area contributed by atoms with Crippen molar-refractivity contribution in [3.05, 3.63) is 15.4 Å². The zero-order valence-electron chi connectivity index (χ0n) is 10.8. The van der Waals surface area contributed by atoms with Crippen molar-refractivity contribution >= 4 is 43.1 Å². The first-order valence-electron chi connectivity index (χ1n) is 6.11. The van der Waals surface area contributed by atoms with Gasteiger partial charge in [0.2, 0.25) is 10.0 Å². The summed E-state index contributed by atoms with van der Waals surface area (Å²) in [5.74, 6) is -0.169. The molecule has 0 radical (unpaired) electrons. The molecule has 0 spiro atoms. The summed E-state index contributed by atoms with van der Waals surface area (Å²) in [6.07, 6.45) is 2.25. The average Bonchev–Trinajstić information content (AvgIpc) is 2.96. The lowest BCUT2D eigenvalue weighted by atomic mass is 10.0. The number of oxime groups is 1. The molecular weight excluding hydrogens is 366 g/mol. The lowest BCUT2D eigenvalue weighted by Gasteiger charge is -2.19. The predicted octanol–water partition coefficient (Wildman–Crippen LogP) is 2.01. The average molecular weight is 382 g/mol. The van der Waals surface area contributed by atoms with Gasteiger partial charge in [0, 0.05) is 12.0 Å². The Morgan fingerprint density at radius 3 is 2.85 bits per heavy atom. The van der Waals surface area contributed by atoms with Gasteiger partial charge in [0.05, 0.1) is 3.79 Å². The molecule has 1 aromatic rings. The predicted molar refractivity (Wildman–Crippen MR) is 81.6 cm³/mol. The van der Waals surface area contributed by atoms with Crippen LogP contribution in [0.25, 0.3) is 0 Å². The molecule has 1 heterocycles. The molecular formula is C11H16BrN3O3S2. The van der Waals surface area contributed by atoms with Crippen LogP contribution in [0.4, 0.5) is 0 Å². The molecule has 2 unspecified atom stereocenters. The van der Waals surface area contributed by atoms with Gasteiger partial charge in [-0.05, 0) is 47.3 Å². The van der Waals surface area contributed by atoms with Crippen LogP contribution in [0.5, 0.6) is 0 Å². The zero-order chi connectivity index (χ0) is 14.9. The minimum absolute atomic E-state index is 0.0822. The Hall–Kier alpha value is -0.640. The van der Waals surface area contributed by atoms with E-state index >= 15 is 0 Å². The summed E-state index contributed by atoms with van der Waals surface area (Å²) in [6, 6.07) is 1.31. The standard InChI is InChI=1S/C11H16BrN3O3S2/c1-6-5-9(19-10(6)12)20(17,18)15-8-4-2-3-7(8)11(13)14-16/h5,7-8,15-16H,2-4H2,1H3,(H2,13,14). The van der Waals surface area contributed by atoms with Crippen molar-refractivity contribution in [3.63, 3.8) is 0 Å². The van der Waals surface area contributed by atoms with Crippen molar-refractivity contribution in [2.45, 2.75) is 36.4 Å². The Kier molecular flexibility index (Phi) is 4.73. The monoisotopic (exact) mass is 381 g/mol. The first-order chi connectivity index (χ1) is 9.35. The zero-order valence-corrected chi connectivity index (χ0v) is 14.1. The number of hydrogen-bond acceptors (Lipinski definition) is 5. The van der Waals surface area contributed by atoms with E-state index in [1.54, 1.807) is 6.07 Å². The van der Waals surface area contributed by atoms with E-state index in [0.29, 0.717) is 6.42 Å². The molecule has 9 heteroatoms. The van der Waals surface area contributed by atoms with E-state index in [-0.39, 0.29) is 22.0 Å². The topological polar surface area (TPSA) is 105 Å². The Labute approximate surface area is 130 Å². The first-order valence-corrected chi connectivity index (χ1v) is 9.20. The van der Waals surface area contributed by atoms with E-state index in [4.69, 9.17) is 10.9 Å².